The first kappa shape index (κ1) is 29.5. The van der Waals surface area contributed by atoms with Gasteiger partial charge in [0.2, 0.25) is 0 Å². The zero-order valence-electron chi connectivity index (χ0n) is 21.8. The van der Waals surface area contributed by atoms with Crippen LogP contribution in [0.4, 0.5) is 23.2 Å². The summed E-state index contributed by atoms with van der Waals surface area (Å²) in [4.78, 5) is 35.7. The smallest absolute Gasteiger partial charge is 0.352 e. The first-order valence-electron chi connectivity index (χ1n) is 12.5. The predicted molar refractivity (Wildman–Crippen MR) is 147 cm³/mol. The number of amides is 2. The number of anilines is 1. The molecule has 1 aromatic carbocycles. The van der Waals surface area contributed by atoms with Crippen LogP contribution < -0.4 is 10.2 Å². The number of nitriles is 1. The van der Waals surface area contributed by atoms with E-state index in [4.69, 9.17) is 17.5 Å². The van der Waals surface area contributed by atoms with E-state index in [1.807, 2.05) is 0 Å². The monoisotopic (exact) mass is 584 g/mol. The molecule has 1 N–H and O–H groups in total. The number of pyridine rings is 1. The van der Waals surface area contributed by atoms with Crippen molar-refractivity contribution in [3.05, 3.63) is 82.7 Å². The highest BCUT2D eigenvalue weighted by Gasteiger charge is 2.59. The van der Waals surface area contributed by atoms with Gasteiger partial charge in [-0.25, -0.2) is 4.39 Å². The van der Waals surface area contributed by atoms with Crippen molar-refractivity contribution >= 4 is 41.5 Å². The molecule has 41 heavy (non-hydrogen) atoms. The predicted octanol–water partition coefficient (Wildman–Crippen LogP) is 4.99. The van der Waals surface area contributed by atoms with E-state index < -0.39 is 40.6 Å². The number of aliphatic imine (C=N–C) groups is 1. The molecule has 0 bridgehead atoms. The van der Waals surface area contributed by atoms with Crippen LogP contribution in [-0.2, 0) is 11.2 Å². The van der Waals surface area contributed by atoms with Crippen LogP contribution in [0.1, 0.15) is 42.1 Å². The van der Waals surface area contributed by atoms with E-state index >= 15 is 4.39 Å². The van der Waals surface area contributed by atoms with Gasteiger partial charge < -0.3 is 10.2 Å². The van der Waals surface area contributed by atoms with E-state index in [2.05, 4.69) is 22.0 Å². The molecule has 2 aliphatic rings. The van der Waals surface area contributed by atoms with Gasteiger partial charge in [-0.05, 0) is 93.5 Å². The lowest BCUT2D eigenvalue weighted by atomic mass is 9.75. The summed E-state index contributed by atoms with van der Waals surface area (Å²) < 4.78 is 56.3. The largest absolute Gasteiger partial charge is 0.419 e. The van der Waals surface area contributed by atoms with Gasteiger partial charge in [-0.1, -0.05) is 0 Å². The molecule has 0 radical (unpaired) electrons. The van der Waals surface area contributed by atoms with E-state index in [1.165, 1.54) is 30.0 Å². The van der Waals surface area contributed by atoms with Gasteiger partial charge >= 0.3 is 6.18 Å². The highest BCUT2D eigenvalue weighted by atomic mass is 32.1. The fourth-order valence-electron chi connectivity index (χ4n) is 4.82. The zero-order chi connectivity index (χ0) is 29.9. The summed E-state index contributed by atoms with van der Waals surface area (Å²) in [6.45, 7) is 4.54. The Bertz CT molecular complexity index is 1510. The Hall–Kier alpha value is -4.44. The van der Waals surface area contributed by atoms with Gasteiger partial charge in [-0.2, -0.15) is 18.4 Å². The molecule has 2 amide bonds. The van der Waals surface area contributed by atoms with E-state index in [-0.39, 0.29) is 28.6 Å². The van der Waals surface area contributed by atoms with Gasteiger partial charge in [0.05, 0.1) is 11.1 Å². The Morgan fingerprint density at radius 1 is 1.29 bits per heavy atom. The van der Waals surface area contributed by atoms with Crippen LogP contribution in [0.3, 0.4) is 0 Å². The zero-order valence-corrected chi connectivity index (χ0v) is 22.7. The Kier molecular flexibility index (Phi) is 8.34. The average molecular weight is 585 g/mol. The van der Waals surface area contributed by atoms with Crippen LogP contribution in [-0.4, -0.2) is 51.8 Å². The first-order valence-corrected chi connectivity index (χ1v) is 12.9. The summed E-state index contributed by atoms with van der Waals surface area (Å²) in [6, 6.07) is 8.76. The highest BCUT2D eigenvalue weighted by Crippen LogP contribution is 2.48. The quantitative estimate of drug-likeness (QED) is 0.154. The van der Waals surface area contributed by atoms with Crippen LogP contribution >= 0.6 is 12.2 Å². The minimum atomic E-state index is -4.95. The molecule has 1 aliphatic heterocycles. The number of thiocarbonyl (C=S) groups is 1. The van der Waals surface area contributed by atoms with E-state index in [0.29, 0.717) is 31.8 Å². The standard InChI is InChI=1S/C28H24F4N6O2S/c1-17(14-21(28(30,31)32)23(16-33)34-2)37-25(40)27(9-3-10-27)38(26(37)41)19-4-5-20(22(29)15-19)24(39)36-13-8-18-6-11-35-12-7-18/h4-7,11-12,14-15H,2-3,8-10,13H2,1H3,(H,36,39)/b17-14+,23-21+. The normalized spacial score (nSPS) is 17.2. The van der Waals surface area contributed by atoms with Crippen molar-refractivity contribution in [2.45, 2.75) is 44.3 Å². The molecule has 212 valence electrons. The van der Waals surface area contributed by atoms with Gasteiger partial charge in [0.15, 0.2) is 10.8 Å². The van der Waals surface area contributed by atoms with Crippen LogP contribution in [0.15, 0.2) is 70.8 Å². The Morgan fingerprint density at radius 2 is 1.98 bits per heavy atom. The van der Waals surface area contributed by atoms with E-state index in [0.717, 1.165) is 16.5 Å². The third-order valence-electron chi connectivity index (χ3n) is 7.03. The van der Waals surface area contributed by atoms with Gasteiger partial charge in [0.25, 0.3) is 11.8 Å². The number of carbonyl (C=O) groups is 2. The number of hydrogen-bond donors (Lipinski definition) is 1. The second kappa shape index (κ2) is 11.6. The van der Waals surface area contributed by atoms with Crippen molar-refractivity contribution in [3.63, 3.8) is 0 Å². The molecule has 2 fully saturated rings. The molecule has 2 aromatic rings. The summed E-state index contributed by atoms with van der Waals surface area (Å²) in [5.41, 5.74) is -2.81. The molecule has 0 unspecified atom stereocenters. The van der Waals surface area contributed by atoms with E-state index in [9.17, 15) is 22.8 Å². The number of alkyl halides is 3. The van der Waals surface area contributed by atoms with Crippen molar-refractivity contribution in [3.8, 4) is 6.07 Å². The summed E-state index contributed by atoms with van der Waals surface area (Å²) in [5.74, 6) is -2.04. The molecular formula is C28H24F4N6O2S. The molecule has 1 aromatic heterocycles. The molecule has 1 saturated heterocycles. The highest BCUT2D eigenvalue weighted by molar-refractivity contribution is 7.80. The lowest BCUT2D eigenvalue weighted by Crippen LogP contribution is -2.55. The molecule has 1 spiro atoms. The topological polar surface area (TPSA) is 102 Å². The molecular weight excluding hydrogens is 560 g/mol. The fourth-order valence-corrected chi connectivity index (χ4v) is 5.33. The van der Waals surface area contributed by atoms with Crippen LogP contribution in [0, 0.1) is 17.1 Å². The Labute approximate surface area is 238 Å². The van der Waals surface area contributed by atoms with Crippen LogP contribution in [0.5, 0.6) is 0 Å². The summed E-state index contributed by atoms with van der Waals surface area (Å²) in [5, 5.41) is 11.6. The number of nitrogens with one attached hydrogen (secondary N) is 1. The SMILES string of the molecule is C=N/C(C#N)=C(\C=C(/C)N1C(=O)C2(CCC2)N(c2ccc(C(=O)NCCc3ccncc3)c(F)c2)C1=S)C(F)(F)F. The maximum Gasteiger partial charge on any atom is 0.419 e. The number of benzene rings is 1. The van der Waals surface area contributed by atoms with Crippen molar-refractivity contribution < 1.29 is 27.2 Å². The summed E-state index contributed by atoms with van der Waals surface area (Å²) in [6.07, 6.45) is 0.774. The second-order valence-corrected chi connectivity index (χ2v) is 9.85. The number of halogens is 4. The second-order valence-electron chi connectivity index (χ2n) is 9.48. The molecule has 8 nitrogen and oxygen atoms in total. The Morgan fingerprint density at radius 3 is 2.51 bits per heavy atom. The van der Waals surface area contributed by atoms with Crippen LogP contribution in [0.2, 0.25) is 0 Å². The summed E-state index contributed by atoms with van der Waals surface area (Å²) in [7, 11) is 0. The van der Waals surface area contributed by atoms with Gasteiger partial charge in [0.1, 0.15) is 17.4 Å². The fraction of sp³-hybridized carbons (Fsp3) is 0.286. The number of hydrogen-bond acceptors (Lipinski definition) is 6. The van der Waals surface area contributed by atoms with Crippen molar-refractivity contribution in [2.75, 3.05) is 11.4 Å². The minimum Gasteiger partial charge on any atom is -0.352 e. The van der Waals surface area contributed by atoms with Gasteiger partial charge in [-0.15, -0.1) is 0 Å². The number of allylic oxidation sites excluding steroid dienone is 4. The average Bonchev–Trinajstić information content (AvgIpc) is 3.15. The maximum absolute atomic E-state index is 15.2. The first-order chi connectivity index (χ1) is 19.4. The molecule has 4 rings (SSSR count). The summed E-state index contributed by atoms with van der Waals surface area (Å²) >= 11 is 5.53. The number of aromatic nitrogens is 1. The number of nitrogens with zero attached hydrogens (tertiary/aromatic N) is 5. The van der Waals surface area contributed by atoms with Crippen molar-refractivity contribution in [1.29, 1.82) is 5.26 Å². The lowest BCUT2D eigenvalue weighted by molar-refractivity contribution is -0.131. The number of carbonyl (C=O) groups excluding carboxylic acids is 2. The number of rotatable bonds is 8. The van der Waals surface area contributed by atoms with Gasteiger partial charge in [-0.3, -0.25) is 24.5 Å². The molecule has 1 aliphatic carbocycles. The van der Waals surface area contributed by atoms with Crippen molar-refractivity contribution in [1.82, 2.24) is 15.2 Å². The third-order valence-corrected chi connectivity index (χ3v) is 7.39. The minimum absolute atomic E-state index is 0.149. The maximum atomic E-state index is 15.2. The Balaban J connectivity index is 1.61. The molecule has 2 heterocycles. The van der Waals surface area contributed by atoms with E-state index in [1.54, 1.807) is 24.5 Å². The molecule has 13 heteroatoms. The van der Waals surface area contributed by atoms with Gasteiger partial charge in [0, 0.05) is 30.3 Å². The van der Waals surface area contributed by atoms with Crippen molar-refractivity contribution in [2.24, 2.45) is 4.99 Å². The third kappa shape index (κ3) is 5.60. The molecule has 0 atom stereocenters. The lowest BCUT2D eigenvalue weighted by Gasteiger charge is -2.43. The van der Waals surface area contributed by atoms with Crippen LogP contribution in [0.25, 0.3) is 0 Å². The molecule has 1 saturated carbocycles.